The number of fused-ring (bicyclic) bond motifs is 1. The minimum atomic E-state index is -1.03. The molecular weight excluding hydrogens is 422 g/mol. The third-order valence-corrected chi connectivity index (χ3v) is 4.91. The van der Waals surface area contributed by atoms with E-state index in [0.717, 1.165) is 6.07 Å². The molecule has 0 saturated carbocycles. The smallest absolute Gasteiger partial charge is 0.322 e. The highest BCUT2D eigenvalue weighted by molar-refractivity contribution is 6.02. The fourth-order valence-corrected chi connectivity index (χ4v) is 3.23. The first-order chi connectivity index (χ1) is 15.1. The lowest BCUT2D eigenvalue weighted by Gasteiger charge is -2.21. The van der Waals surface area contributed by atoms with Crippen LogP contribution in [0.15, 0.2) is 24.3 Å². The molecule has 0 saturated heterocycles. The molecule has 0 bridgehead atoms. The summed E-state index contributed by atoms with van der Waals surface area (Å²) >= 11 is 0. The SMILES string of the molecule is CCN(CCCCNC(=O)CCC(=O)O)C(=O)c1ccc2c([N+](=O)[O-])c(O)c(O)cc2c1. The highest BCUT2D eigenvalue weighted by Gasteiger charge is 2.23. The summed E-state index contributed by atoms with van der Waals surface area (Å²) in [4.78, 5) is 46.9. The van der Waals surface area contributed by atoms with Gasteiger partial charge in [-0.05, 0) is 49.4 Å². The second kappa shape index (κ2) is 10.9. The molecule has 0 fully saturated rings. The van der Waals surface area contributed by atoms with Gasteiger partial charge in [0, 0.05) is 31.6 Å². The van der Waals surface area contributed by atoms with Crippen LogP contribution >= 0.6 is 0 Å². The van der Waals surface area contributed by atoms with E-state index in [1.54, 1.807) is 11.8 Å². The number of amides is 2. The van der Waals surface area contributed by atoms with Gasteiger partial charge in [0.1, 0.15) is 0 Å². The van der Waals surface area contributed by atoms with Crippen molar-refractivity contribution in [1.29, 1.82) is 0 Å². The number of carbonyl (C=O) groups is 3. The second-order valence-electron chi connectivity index (χ2n) is 7.12. The van der Waals surface area contributed by atoms with Gasteiger partial charge in [0.25, 0.3) is 5.91 Å². The maximum absolute atomic E-state index is 12.9. The van der Waals surface area contributed by atoms with Crippen molar-refractivity contribution in [2.45, 2.75) is 32.6 Å². The van der Waals surface area contributed by atoms with E-state index in [4.69, 9.17) is 5.11 Å². The van der Waals surface area contributed by atoms with Gasteiger partial charge >= 0.3 is 11.7 Å². The highest BCUT2D eigenvalue weighted by atomic mass is 16.6. The number of unbranched alkanes of at least 4 members (excludes halogenated alkanes) is 1. The van der Waals surface area contributed by atoms with Gasteiger partial charge < -0.3 is 25.5 Å². The Morgan fingerprint density at radius 1 is 1.12 bits per heavy atom. The molecule has 0 unspecified atom stereocenters. The predicted octanol–water partition coefficient (Wildman–Crippen LogP) is 2.38. The number of nitrogens with one attached hydrogen (secondary N) is 1. The Bertz CT molecular complexity index is 1040. The van der Waals surface area contributed by atoms with E-state index in [-0.39, 0.29) is 41.0 Å². The molecule has 0 spiro atoms. The first-order valence-electron chi connectivity index (χ1n) is 10.1. The molecule has 172 valence electrons. The van der Waals surface area contributed by atoms with Gasteiger partial charge in [-0.1, -0.05) is 0 Å². The summed E-state index contributed by atoms with van der Waals surface area (Å²) in [7, 11) is 0. The van der Waals surface area contributed by atoms with Crippen LogP contribution in [-0.4, -0.2) is 62.6 Å². The lowest BCUT2D eigenvalue weighted by atomic mass is 10.0. The molecule has 4 N–H and O–H groups in total. The molecule has 2 rings (SSSR count). The quantitative estimate of drug-likeness (QED) is 0.176. The molecule has 0 radical (unpaired) electrons. The first kappa shape index (κ1) is 24.4. The molecule has 0 aromatic heterocycles. The third-order valence-electron chi connectivity index (χ3n) is 4.91. The zero-order chi connectivity index (χ0) is 23.8. The number of hydrogen-bond acceptors (Lipinski definition) is 7. The van der Waals surface area contributed by atoms with Crippen molar-refractivity contribution >= 4 is 34.2 Å². The molecule has 0 aliphatic heterocycles. The number of carbonyl (C=O) groups excluding carboxylic acids is 2. The zero-order valence-corrected chi connectivity index (χ0v) is 17.5. The normalized spacial score (nSPS) is 10.7. The summed E-state index contributed by atoms with van der Waals surface area (Å²) in [5.41, 5.74) is -0.350. The van der Waals surface area contributed by atoms with Gasteiger partial charge in [0.2, 0.25) is 11.7 Å². The average molecular weight is 447 g/mol. The van der Waals surface area contributed by atoms with Crippen molar-refractivity contribution in [2.24, 2.45) is 0 Å². The maximum Gasteiger partial charge on any atom is 0.322 e. The van der Waals surface area contributed by atoms with E-state index in [1.165, 1.54) is 18.2 Å². The summed E-state index contributed by atoms with van der Waals surface area (Å²) in [6, 6.07) is 5.38. The molecule has 2 aromatic carbocycles. The largest absolute Gasteiger partial charge is 0.504 e. The number of carboxylic acid groups (broad SMARTS) is 1. The molecule has 0 heterocycles. The number of benzene rings is 2. The molecule has 0 aliphatic rings. The highest BCUT2D eigenvalue weighted by Crippen LogP contribution is 2.41. The number of phenolic OH excluding ortho intramolecular Hbond substituents is 2. The molecule has 11 nitrogen and oxygen atoms in total. The fourth-order valence-electron chi connectivity index (χ4n) is 3.23. The second-order valence-corrected chi connectivity index (χ2v) is 7.12. The van der Waals surface area contributed by atoms with Gasteiger partial charge in [-0.25, -0.2) is 0 Å². The lowest BCUT2D eigenvalue weighted by Crippen LogP contribution is -2.32. The molecule has 0 aliphatic carbocycles. The van der Waals surface area contributed by atoms with Crippen molar-refractivity contribution in [1.82, 2.24) is 10.2 Å². The van der Waals surface area contributed by atoms with Crippen LogP contribution in [0.25, 0.3) is 10.8 Å². The van der Waals surface area contributed by atoms with Gasteiger partial charge in [-0.15, -0.1) is 0 Å². The number of aromatic hydroxyl groups is 2. The number of aliphatic carboxylic acids is 1. The Hall–Kier alpha value is -3.89. The number of nitro groups is 1. The Kier molecular flexibility index (Phi) is 8.33. The standard InChI is InChI=1S/C21H25N3O8/c1-2-23(10-4-3-9-22-17(26)7-8-18(27)28)21(30)13-5-6-15-14(11-13)12-16(25)20(29)19(15)24(31)32/h5-6,11-12,25,29H,2-4,7-10H2,1H3,(H,22,26)(H,27,28). The van der Waals surface area contributed by atoms with Crippen LogP contribution in [0, 0.1) is 10.1 Å². The van der Waals surface area contributed by atoms with Crippen LogP contribution in [0.2, 0.25) is 0 Å². The van der Waals surface area contributed by atoms with Crippen molar-refractivity contribution in [3.63, 3.8) is 0 Å². The number of carboxylic acids is 1. The summed E-state index contributed by atoms with van der Waals surface area (Å²) in [5.74, 6) is -3.14. The van der Waals surface area contributed by atoms with E-state index >= 15 is 0 Å². The van der Waals surface area contributed by atoms with Crippen LogP contribution in [0.5, 0.6) is 11.5 Å². The van der Waals surface area contributed by atoms with Crippen molar-refractivity contribution in [3.8, 4) is 11.5 Å². The Balaban J connectivity index is 2.01. The van der Waals surface area contributed by atoms with E-state index < -0.39 is 28.1 Å². The fraction of sp³-hybridized carbons (Fsp3) is 0.381. The van der Waals surface area contributed by atoms with Crippen LogP contribution < -0.4 is 5.32 Å². The van der Waals surface area contributed by atoms with Crippen LogP contribution in [-0.2, 0) is 9.59 Å². The number of hydrogen-bond donors (Lipinski definition) is 4. The molecule has 2 amide bonds. The molecular formula is C21H25N3O8. The van der Waals surface area contributed by atoms with Gasteiger partial charge in [0.05, 0.1) is 16.7 Å². The monoisotopic (exact) mass is 447 g/mol. The van der Waals surface area contributed by atoms with E-state index in [9.17, 15) is 34.7 Å². The predicted molar refractivity (Wildman–Crippen MR) is 115 cm³/mol. The zero-order valence-electron chi connectivity index (χ0n) is 17.5. The first-order valence-corrected chi connectivity index (χ1v) is 10.1. The molecule has 2 aromatic rings. The van der Waals surface area contributed by atoms with Gasteiger partial charge in [-0.3, -0.25) is 24.5 Å². The summed E-state index contributed by atoms with van der Waals surface area (Å²) in [5, 5.41) is 42.4. The van der Waals surface area contributed by atoms with Crippen molar-refractivity contribution < 1.29 is 34.6 Å². The van der Waals surface area contributed by atoms with Gasteiger partial charge in [-0.2, -0.15) is 0 Å². The van der Waals surface area contributed by atoms with Gasteiger partial charge in [0.15, 0.2) is 5.75 Å². The molecule has 11 heteroatoms. The summed E-state index contributed by atoms with van der Waals surface area (Å²) in [6.45, 7) is 3.01. The summed E-state index contributed by atoms with van der Waals surface area (Å²) in [6.07, 6.45) is 0.894. The van der Waals surface area contributed by atoms with E-state index in [0.29, 0.717) is 32.5 Å². The van der Waals surface area contributed by atoms with E-state index in [2.05, 4.69) is 5.32 Å². The maximum atomic E-state index is 12.9. The minimum absolute atomic E-state index is 0.0810. The minimum Gasteiger partial charge on any atom is -0.504 e. The average Bonchev–Trinajstić information content (AvgIpc) is 2.74. The summed E-state index contributed by atoms with van der Waals surface area (Å²) < 4.78 is 0. The molecule has 0 atom stereocenters. The number of nitro benzene ring substituents is 1. The number of nitrogens with zero attached hydrogens (tertiary/aromatic N) is 2. The molecule has 32 heavy (non-hydrogen) atoms. The topological polar surface area (TPSA) is 170 Å². The third kappa shape index (κ3) is 6.06. The number of phenols is 2. The van der Waals surface area contributed by atoms with Crippen LogP contribution in [0.3, 0.4) is 0 Å². The Morgan fingerprint density at radius 2 is 1.84 bits per heavy atom. The van der Waals surface area contributed by atoms with Crippen LogP contribution in [0.1, 0.15) is 43.0 Å². The number of rotatable bonds is 11. The van der Waals surface area contributed by atoms with Crippen LogP contribution in [0.4, 0.5) is 5.69 Å². The Morgan fingerprint density at radius 3 is 2.47 bits per heavy atom. The lowest BCUT2D eigenvalue weighted by molar-refractivity contribution is -0.384. The van der Waals surface area contributed by atoms with Crippen molar-refractivity contribution in [3.05, 3.63) is 39.9 Å². The van der Waals surface area contributed by atoms with E-state index in [1.807, 2.05) is 0 Å². The van der Waals surface area contributed by atoms with Crippen molar-refractivity contribution in [2.75, 3.05) is 19.6 Å². The Labute approximate surface area is 183 Å².